The molecule has 10 atom stereocenters. The highest BCUT2D eigenvalue weighted by Gasteiger charge is 2.48. The number of aliphatic hydroxyl groups excluding tert-OH is 6. The van der Waals surface area contributed by atoms with Crippen LogP contribution in [-0.2, 0) is 20.7 Å². The standard InChI is InChI=1S/C31H47NO9/c1-2-32-27(36)13-9-4-3-8-12-23-22(17-16-21(34)15-14-20-10-6-5-7-11-20)24(35)18-25(23)40-31-30(39)29(38)28(37)26(19-33)41-31/h3,5-8,10-11,16-17,21-26,28-31,33-35,37-39H,2,4,9,12-15,18-19H2,1H3,(H,32,36)/t21-,22+,23+,24+,25-,26?,28+,29-,30?,31-/m0/s1. The Morgan fingerprint density at radius 1 is 1.12 bits per heavy atom. The number of carbonyl (C=O) groups excluding carboxylic acids is 1. The van der Waals surface area contributed by atoms with Gasteiger partial charge >= 0.3 is 0 Å². The molecule has 10 nitrogen and oxygen atoms in total. The predicted octanol–water partition coefficient (Wildman–Crippen LogP) is 0.971. The quantitative estimate of drug-likeness (QED) is 0.119. The topological polar surface area (TPSA) is 169 Å². The van der Waals surface area contributed by atoms with E-state index >= 15 is 0 Å². The van der Waals surface area contributed by atoms with E-state index in [-0.39, 0.29) is 24.2 Å². The van der Waals surface area contributed by atoms with Gasteiger partial charge in [-0.3, -0.25) is 4.79 Å². The molecule has 10 heteroatoms. The maximum Gasteiger partial charge on any atom is 0.219 e. The first-order valence-electron chi connectivity index (χ1n) is 14.7. The number of aryl methyl sites for hydroxylation is 1. The molecule has 7 N–H and O–H groups in total. The number of aliphatic hydroxyl groups is 6. The number of benzene rings is 1. The number of nitrogens with one attached hydrogen (secondary N) is 1. The highest BCUT2D eigenvalue weighted by atomic mass is 16.7. The van der Waals surface area contributed by atoms with Crippen molar-refractivity contribution in [1.29, 1.82) is 0 Å². The summed E-state index contributed by atoms with van der Waals surface area (Å²) in [5.41, 5.74) is 1.13. The van der Waals surface area contributed by atoms with Gasteiger partial charge in [0.2, 0.25) is 5.91 Å². The average molecular weight is 578 g/mol. The van der Waals surface area contributed by atoms with Crippen molar-refractivity contribution in [3.05, 3.63) is 60.2 Å². The molecule has 0 radical (unpaired) electrons. The van der Waals surface area contributed by atoms with Crippen LogP contribution in [0.3, 0.4) is 0 Å². The third-order valence-electron chi connectivity index (χ3n) is 7.90. The van der Waals surface area contributed by atoms with Crippen LogP contribution >= 0.6 is 0 Å². The van der Waals surface area contributed by atoms with Crippen molar-refractivity contribution in [2.75, 3.05) is 13.2 Å². The van der Waals surface area contributed by atoms with E-state index in [0.29, 0.717) is 45.1 Å². The van der Waals surface area contributed by atoms with Crippen LogP contribution < -0.4 is 5.32 Å². The molecule has 0 aromatic heterocycles. The molecule has 2 fully saturated rings. The zero-order chi connectivity index (χ0) is 29.8. The van der Waals surface area contributed by atoms with Crippen LogP contribution in [0.4, 0.5) is 0 Å². The number of rotatable bonds is 15. The number of allylic oxidation sites excluding steroid dienone is 2. The predicted molar refractivity (Wildman–Crippen MR) is 152 cm³/mol. The maximum absolute atomic E-state index is 11.7. The van der Waals surface area contributed by atoms with Crippen molar-refractivity contribution < 1.29 is 44.9 Å². The van der Waals surface area contributed by atoms with E-state index in [0.717, 1.165) is 5.56 Å². The van der Waals surface area contributed by atoms with E-state index < -0.39 is 55.6 Å². The smallest absolute Gasteiger partial charge is 0.219 e. The van der Waals surface area contributed by atoms with Gasteiger partial charge in [0, 0.05) is 25.3 Å². The zero-order valence-corrected chi connectivity index (χ0v) is 23.7. The van der Waals surface area contributed by atoms with Gasteiger partial charge in [-0.2, -0.15) is 0 Å². The Bertz CT molecular complexity index is 956. The summed E-state index contributed by atoms with van der Waals surface area (Å²) in [5, 5.41) is 64.7. The Morgan fingerprint density at radius 2 is 1.88 bits per heavy atom. The lowest BCUT2D eigenvalue weighted by molar-refractivity contribution is -0.313. The summed E-state index contributed by atoms with van der Waals surface area (Å²) < 4.78 is 11.6. The maximum atomic E-state index is 11.7. The van der Waals surface area contributed by atoms with Crippen LogP contribution in [0.5, 0.6) is 0 Å². The number of hydrogen-bond acceptors (Lipinski definition) is 9. The fourth-order valence-electron chi connectivity index (χ4n) is 5.54. The fourth-order valence-corrected chi connectivity index (χ4v) is 5.54. The number of unbranched alkanes of at least 4 members (excludes halogenated alkanes) is 1. The van der Waals surface area contributed by atoms with Crippen LogP contribution in [-0.4, -0.2) is 98.7 Å². The van der Waals surface area contributed by atoms with Gasteiger partial charge in [0.25, 0.3) is 0 Å². The minimum Gasteiger partial charge on any atom is -0.394 e. The SMILES string of the molecule is CCNC(=O)CCCC=CC[C@@H]1[C@@H](C=C[C@@H](O)CCc2ccccc2)[C@H](O)C[C@@H]1O[C@H]1OC(CO)[C@@H](O)[C@H](O)C1O. The van der Waals surface area contributed by atoms with Crippen LogP contribution in [0.15, 0.2) is 54.6 Å². The van der Waals surface area contributed by atoms with E-state index in [1.165, 1.54) is 0 Å². The molecular formula is C31H47NO9. The first-order chi connectivity index (χ1) is 19.7. The molecule has 1 saturated carbocycles. The van der Waals surface area contributed by atoms with E-state index in [1.54, 1.807) is 6.08 Å². The summed E-state index contributed by atoms with van der Waals surface area (Å²) in [6.45, 7) is 1.92. The Morgan fingerprint density at radius 3 is 2.59 bits per heavy atom. The van der Waals surface area contributed by atoms with Crippen molar-refractivity contribution in [3.63, 3.8) is 0 Å². The number of amides is 1. The Kier molecular flexibility index (Phi) is 13.9. The third-order valence-corrected chi connectivity index (χ3v) is 7.90. The van der Waals surface area contributed by atoms with Crippen LogP contribution in [0.1, 0.15) is 51.0 Å². The highest BCUT2D eigenvalue weighted by molar-refractivity contribution is 5.75. The van der Waals surface area contributed by atoms with Gasteiger partial charge in [0.05, 0.1) is 24.9 Å². The Labute approximate surface area is 242 Å². The highest BCUT2D eigenvalue weighted by Crippen LogP contribution is 2.40. The molecule has 1 saturated heterocycles. The number of carbonyl (C=O) groups is 1. The molecule has 1 aromatic rings. The molecular weight excluding hydrogens is 530 g/mol. The minimum absolute atomic E-state index is 0.0174. The van der Waals surface area contributed by atoms with Crippen LogP contribution in [0, 0.1) is 11.8 Å². The summed E-state index contributed by atoms with van der Waals surface area (Å²) in [4.78, 5) is 11.7. The van der Waals surface area contributed by atoms with Gasteiger partial charge in [-0.05, 0) is 50.5 Å². The molecule has 0 spiro atoms. The van der Waals surface area contributed by atoms with E-state index in [2.05, 4.69) is 5.32 Å². The van der Waals surface area contributed by atoms with Crippen molar-refractivity contribution in [2.45, 2.75) is 101 Å². The van der Waals surface area contributed by atoms with Gasteiger partial charge in [0.1, 0.15) is 24.4 Å². The summed E-state index contributed by atoms with van der Waals surface area (Å²) in [6, 6.07) is 9.88. The number of hydrogen-bond donors (Lipinski definition) is 7. The normalized spacial score (nSPS) is 33.0. The fraction of sp³-hybridized carbons (Fsp3) is 0.645. The largest absolute Gasteiger partial charge is 0.394 e. The summed E-state index contributed by atoms with van der Waals surface area (Å²) >= 11 is 0. The second-order valence-electron chi connectivity index (χ2n) is 10.9. The lowest BCUT2D eigenvalue weighted by Crippen LogP contribution is -2.59. The summed E-state index contributed by atoms with van der Waals surface area (Å²) in [6.07, 6.45) is 2.34. The molecule has 2 aliphatic rings. The molecule has 2 unspecified atom stereocenters. The Balaban J connectivity index is 1.66. The first kappa shape index (κ1) is 33.4. The van der Waals surface area contributed by atoms with E-state index in [4.69, 9.17) is 9.47 Å². The molecule has 0 bridgehead atoms. The molecule has 230 valence electrons. The molecule has 1 aromatic carbocycles. The molecule has 41 heavy (non-hydrogen) atoms. The van der Waals surface area contributed by atoms with Gasteiger partial charge in [-0.25, -0.2) is 0 Å². The zero-order valence-electron chi connectivity index (χ0n) is 23.7. The van der Waals surface area contributed by atoms with Gasteiger partial charge in [-0.1, -0.05) is 54.6 Å². The average Bonchev–Trinajstić information content (AvgIpc) is 3.26. The van der Waals surface area contributed by atoms with Gasteiger partial charge < -0.3 is 45.4 Å². The lowest BCUT2D eigenvalue weighted by atomic mass is 9.89. The van der Waals surface area contributed by atoms with Gasteiger partial charge in [0.15, 0.2) is 6.29 Å². The second kappa shape index (κ2) is 17.1. The van der Waals surface area contributed by atoms with Crippen molar-refractivity contribution in [2.24, 2.45) is 11.8 Å². The van der Waals surface area contributed by atoms with Crippen LogP contribution in [0.25, 0.3) is 0 Å². The molecule has 1 aliphatic carbocycles. The third kappa shape index (κ3) is 9.97. The Hall–Kier alpha value is -2.15. The second-order valence-corrected chi connectivity index (χ2v) is 10.9. The monoisotopic (exact) mass is 577 g/mol. The first-order valence-corrected chi connectivity index (χ1v) is 14.7. The van der Waals surface area contributed by atoms with Crippen molar-refractivity contribution in [1.82, 2.24) is 5.32 Å². The van der Waals surface area contributed by atoms with Gasteiger partial charge in [-0.15, -0.1) is 0 Å². The summed E-state index contributed by atoms with van der Waals surface area (Å²) in [7, 11) is 0. The molecule has 1 heterocycles. The van der Waals surface area contributed by atoms with Crippen molar-refractivity contribution in [3.8, 4) is 0 Å². The van der Waals surface area contributed by atoms with E-state index in [9.17, 15) is 35.4 Å². The molecule has 1 aliphatic heterocycles. The van der Waals surface area contributed by atoms with E-state index in [1.807, 2.05) is 55.5 Å². The van der Waals surface area contributed by atoms with Crippen LogP contribution in [0.2, 0.25) is 0 Å². The summed E-state index contributed by atoms with van der Waals surface area (Å²) in [5.74, 6) is -0.574. The number of ether oxygens (including phenoxy) is 2. The molecule has 1 amide bonds. The van der Waals surface area contributed by atoms with Crippen molar-refractivity contribution >= 4 is 5.91 Å². The molecule has 3 rings (SSSR count). The lowest BCUT2D eigenvalue weighted by Gasteiger charge is -2.41. The minimum atomic E-state index is -1.56.